The van der Waals surface area contributed by atoms with Crippen molar-refractivity contribution >= 4 is 5.91 Å². The Labute approximate surface area is 147 Å². The number of carbonyl (C=O) groups excluding carboxylic acids is 1. The van der Waals surface area contributed by atoms with E-state index >= 15 is 0 Å². The molecule has 2 aromatic carbocycles. The van der Waals surface area contributed by atoms with Crippen LogP contribution in [-0.2, 0) is 13.1 Å². The Morgan fingerprint density at radius 1 is 1.12 bits per heavy atom. The maximum atomic E-state index is 13.9. The van der Waals surface area contributed by atoms with Crippen molar-refractivity contribution in [3.63, 3.8) is 0 Å². The molecule has 0 saturated carbocycles. The summed E-state index contributed by atoms with van der Waals surface area (Å²) in [4.78, 5) is 14.6. The summed E-state index contributed by atoms with van der Waals surface area (Å²) in [5.41, 5.74) is 2.29. The van der Waals surface area contributed by atoms with E-state index in [0.29, 0.717) is 12.3 Å². The van der Waals surface area contributed by atoms with Crippen molar-refractivity contribution < 1.29 is 13.9 Å². The van der Waals surface area contributed by atoms with E-state index in [1.54, 1.807) is 6.07 Å². The average Bonchev–Trinajstić information content (AvgIpc) is 3.13. The molecule has 5 heteroatoms. The molecule has 1 N–H and O–H groups in total. The number of amides is 1. The van der Waals surface area contributed by atoms with Gasteiger partial charge in [0.15, 0.2) is 0 Å². The van der Waals surface area contributed by atoms with E-state index in [4.69, 9.17) is 4.74 Å². The normalized spacial score (nSPS) is 14.5. The fourth-order valence-corrected chi connectivity index (χ4v) is 3.05. The van der Waals surface area contributed by atoms with Crippen LogP contribution >= 0.6 is 0 Å². The zero-order valence-electron chi connectivity index (χ0n) is 14.4. The Morgan fingerprint density at radius 2 is 1.80 bits per heavy atom. The van der Waals surface area contributed by atoms with Gasteiger partial charge in [0.25, 0.3) is 5.91 Å². The Kier molecular flexibility index (Phi) is 5.66. The Bertz CT molecular complexity index is 725. The summed E-state index contributed by atoms with van der Waals surface area (Å²) in [6, 6.07) is 12.4. The van der Waals surface area contributed by atoms with Crippen molar-refractivity contribution in [3.05, 3.63) is 65.0 Å². The molecule has 1 aliphatic rings. The minimum atomic E-state index is -0.585. The fraction of sp³-hybridized carbons (Fsp3) is 0.350. The topological polar surface area (TPSA) is 41.6 Å². The predicted octanol–water partition coefficient (Wildman–Crippen LogP) is 3.36. The maximum Gasteiger partial charge on any atom is 0.254 e. The van der Waals surface area contributed by atoms with E-state index in [0.717, 1.165) is 12.1 Å². The summed E-state index contributed by atoms with van der Waals surface area (Å²) < 4.78 is 18.9. The first-order chi connectivity index (χ1) is 12.2. The van der Waals surface area contributed by atoms with Crippen molar-refractivity contribution in [3.8, 4) is 5.75 Å². The molecule has 0 aliphatic carbocycles. The number of benzene rings is 2. The van der Waals surface area contributed by atoms with Crippen LogP contribution in [0.15, 0.2) is 42.5 Å². The summed E-state index contributed by atoms with van der Waals surface area (Å²) in [5.74, 6) is -0.623. The van der Waals surface area contributed by atoms with Crippen LogP contribution in [0.5, 0.6) is 5.75 Å². The lowest BCUT2D eigenvalue weighted by Gasteiger charge is -2.14. The first-order valence-corrected chi connectivity index (χ1v) is 8.57. The van der Waals surface area contributed by atoms with Crippen molar-refractivity contribution in [2.75, 3.05) is 20.2 Å². The van der Waals surface area contributed by atoms with Crippen molar-refractivity contribution in [2.24, 2.45) is 0 Å². The molecular weight excluding hydrogens is 319 g/mol. The highest BCUT2D eigenvalue weighted by Crippen LogP contribution is 2.17. The molecule has 0 radical (unpaired) electrons. The summed E-state index contributed by atoms with van der Waals surface area (Å²) in [6.07, 6.45) is 2.57. The Hall–Kier alpha value is -2.40. The molecule has 3 rings (SSSR count). The van der Waals surface area contributed by atoms with Crippen LogP contribution in [0.4, 0.5) is 4.39 Å². The summed E-state index contributed by atoms with van der Waals surface area (Å²) in [7, 11) is 1.46. The van der Waals surface area contributed by atoms with Crippen LogP contribution in [0.3, 0.4) is 0 Å². The zero-order valence-corrected chi connectivity index (χ0v) is 14.4. The number of carbonyl (C=O) groups is 1. The van der Waals surface area contributed by atoms with Gasteiger partial charge in [-0.2, -0.15) is 0 Å². The number of nitrogens with one attached hydrogen (secondary N) is 1. The van der Waals surface area contributed by atoms with E-state index in [9.17, 15) is 9.18 Å². The van der Waals surface area contributed by atoms with Gasteiger partial charge < -0.3 is 10.1 Å². The second-order valence-corrected chi connectivity index (χ2v) is 6.33. The first-order valence-electron chi connectivity index (χ1n) is 8.57. The van der Waals surface area contributed by atoms with Gasteiger partial charge in [-0.3, -0.25) is 9.69 Å². The number of methoxy groups -OCH3 is 1. The summed E-state index contributed by atoms with van der Waals surface area (Å²) in [6.45, 7) is 3.69. The van der Waals surface area contributed by atoms with E-state index in [1.807, 2.05) is 12.1 Å². The molecule has 1 heterocycles. The van der Waals surface area contributed by atoms with Gasteiger partial charge in [-0.25, -0.2) is 4.39 Å². The molecule has 0 aromatic heterocycles. The Morgan fingerprint density at radius 3 is 2.44 bits per heavy atom. The minimum Gasteiger partial charge on any atom is -0.497 e. The van der Waals surface area contributed by atoms with Crippen LogP contribution in [-0.4, -0.2) is 31.0 Å². The van der Waals surface area contributed by atoms with Gasteiger partial charge in [-0.1, -0.05) is 24.3 Å². The molecule has 1 saturated heterocycles. The average molecular weight is 342 g/mol. The van der Waals surface area contributed by atoms with Crippen LogP contribution < -0.4 is 10.1 Å². The molecule has 4 nitrogen and oxygen atoms in total. The molecule has 0 atom stereocenters. The molecule has 0 bridgehead atoms. The highest BCUT2D eigenvalue weighted by Gasteiger charge is 2.13. The van der Waals surface area contributed by atoms with Crippen molar-refractivity contribution in [1.82, 2.24) is 10.2 Å². The third-order valence-corrected chi connectivity index (χ3v) is 4.50. The fourth-order valence-electron chi connectivity index (χ4n) is 3.05. The SMILES string of the molecule is COc1ccc(C(=O)NCc2ccc(CN3CCCC3)cc2)c(F)c1. The highest BCUT2D eigenvalue weighted by molar-refractivity contribution is 5.94. The molecule has 0 unspecified atom stereocenters. The molecular formula is C20H23FN2O2. The third-order valence-electron chi connectivity index (χ3n) is 4.50. The van der Waals surface area contributed by atoms with Gasteiger partial charge in [-0.05, 0) is 49.2 Å². The molecule has 1 aliphatic heterocycles. The van der Waals surface area contributed by atoms with Crippen LogP contribution in [0.2, 0.25) is 0 Å². The number of hydrogen-bond acceptors (Lipinski definition) is 3. The monoisotopic (exact) mass is 342 g/mol. The van der Waals surface area contributed by atoms with Gasteiger partial charge in [-0.15, -0.1) is 0 Å². The number of hydrogen-bond donors (Lipinski definition) is 1. The number of rotatable bonds is 6. The lowest BCUT2D eigenvalue weighted by Crippen LogP contribution is -2.24. The largest absolute Gasteiger partial charge is 0.497 e. The maximum absolute atomic E-state index is 13.9. The van der Waals surface area contributed by atoms with Gasteiger partial charge >= 0.3 is 0 Å². The molecule has 1 amide bonds. The van der Waals surface area contributed by atoms with Crippen molar-refractivity contribution in [2.45, 2.75) is 25.9 Å². The molecule has 132 valence electrons. The zero-order chi connectivity index (χ0) is 17.6. The van der Waals surface area contributed by atoms with Crippen molar-refractivity contribution in [1.29, 1.82) is 0 Å². The molecule has 25 heavy (non-hydrogen) atoms. The number of likely N-dealkylation sites (tertiary alicyclic amines) is 1. The predicted molar refractivity (Wildman–Crippen MR) is 95.1 cm³/mol. The number of nitrogens with zero attached hydrogens (tertiary/aromatic N) is 1. The summed E-state index contributed by atoms with van der Waals surface area (Å²) in [5, 5.41) is 2.76. The van der Waals surface area contributed by atoms with Gasteiger partial charge in [0.1, 0.15) is 11.6 Å². The quantitative estimate of drug-likeness (QED) is 0.875. The summed E-state index contributed by atoms with van der Waals surface area (Å²) >= 11 is 0. The van der Waals surface area contributed by atoms with E-state index in [-0.39, 0.29) is 5.56 Å². The highest BCUT2D eigenvalue weighted by atomic mass is 19.1. The minimum absolute atomic E-state index is 0.0199. The van der Waals surface area contributed by atoms with Crippen LogP contribution in [0, 0.1) is 5.82 Å². The molecule has 0 spiro atoms. The second kappa shape index (κ2) is 8.12. The lowest BCUT2D eigenvalue weighted by atomic mass is 10.1. The van der Waals surface area contributed by atoms with Crippen LogP contribution in [0.25, 0.3) is 0 Å². The molecule has 1 fully saturated rings. The van der Waals surface area contributed by atoms with Gasteiger partial charge in [0.2, 0.25) is 0 Å². The smallest absolute Gasteiger partial charge is 0.254 e. The molecule has 2 aromatic rings. The van der Waals surface area contributed by atoms with E-state index < -0.39 is 11.7 Å². The van der Waals surface area contributed by atoms with E-state index in [2.05, 4.69) is 22.3 Å². The van der Waals surface area contributed by atoms with Crippen LogP contribution in [0.1, 0.15) is 34.3 Å². The van der Waals surface area contributed by atoms with Gasteiger partial charge in [0.05, 0.1) is 12.7 Å². The second-order valence-electron chi connectivity index (χ2n) is 6.33. The van der Waals surface area contributed by atoms with E-state index in [1.165, 1.54) is 50.7 Å². The standard InChI is InChI=1S/C20H23FN2O2/c1-25-17-8-9-18(19(21)12-17)20(24)22-13-15-4-6-16(7-5-15)14-23-10-2-3-11-23/h4-9,12H,2-3,10-11,13-14H2,1H3,(H,22,24). The lowest BCUT2D eigenvalue weighted by molar-refractivity contribution is 0.0947. The third kappa shape index (κ3) is 4.57. The van der Waals surface area contributed by atoms with Gasteiger partial charge in [0, 0.05) is 19.2 Å². The number of ether oxygens (including phenoxy) is 1. The number of halogens is 1. The Balaban J connectivity index is 1.54. The first kappa shape index (κ1) is 17.4.